The van der Waals surface area contributed by atoms with Crippen molar-refractivity contribution < 1.29 is 4.79 Å². The van der Waals surface area contributed by atoms with Crippen molar-refractivity contribution in [2.24, 2.45) is 15.9 Å². The summed E-state index contributed by atoms with van der Waals surface area (Å²) in [5.41, 5.74) is 5.48. The van der Waals surface area contributed by atoms with Crippen molar-refractivity contribution in [1.82, 2.24) is 9.80 Å². The Morgan fingerprint density at radius 1 is 1.09 bits per heavy atom. The van der Waals surface area contributed by atoms with Crippen LogP contribution >= 0.6 is 0 Å². The highest BCUT2D eigenvalue weighted by molar-refractivity contribution is 6.16. The van der Waals surface area contributed by atoms with Crippen LogP contribution in [0.25, 0.3) is 0 Å². The van der Waals surface area contributed by atoms with Crippen molar-refractivity contribution in [3.05, 3.63) is 47.5 Å². The topological polar surface area (TPSA) is 48.3 Å². The molecule has 1 fully saturated rings. The Bertz CT molecular complexity index is 812. The van der Waals surface area contributed by atoms with E-state index in [0.29, 0.717) is 0 Å². The van der Waals surface area contributed by atoms with Crippen LogP contribution in [-0.2, 0) is 4.79 Å². The molecule has 0 aromatic rings. The number of carbonyl (C=O) groups is 1. The quantitative estimate of drug-likeness (QED) is 0.318. The van der Waals surface area contributed by atoms with Crippen molar-refractivity contribution in [2.45, 2.75) is 81.2 Å². The third-order valence-corrected chi connectivity index (χ3v) is 5.79. The van der Waals surface area contributed by atoms with Crippen LogP contribution in [0.4, 0.5) is 0 Å². The lowest BCUT2D eigenvalue weighted by atomic mass is 9.93. The summed E-state index contributed by atoms with van der Waals surface area (Å²) in [6.45, 7) is 21.0. The lowest BCUT2D eigenvalue weighted by molar-refractivity contribution is -0.138. The lowest BCUT2D eigenvalue weighted by Gasteiger charge is -2.42. The summed E-state index contributed by atoms with van der Waals surface area (Å²) in [6, 6.07) is 0.170. The van der Waals surface area contributed by atoms with Gasteiger partial charge in [0.1, 0.15) is 0 Å². The van der Waals surface area contributed by atoms with Crippen LogP contribution in [0.15, 0.2) is 57.5 Å². The molecule has 1 amide bonds. The van der Waals surface area contributed by atoms with E-state index in [0.717, 1.165) is 55.0 Å². The molecule has 0 aromatic heterocycles. The van der Waals surface area contributed by atoms with Gasteiger partial charge in [0.15, 0.2) is 0 Å². The van der Waals surface area contributed by atoms with Gasteiger partial charge in [0.2, 0.25) is 5.91 Å². The Labute approximate surface area is 196 Å². The first-order valence-corrected chi connectivity index (χ1v) is 12.0. The zero-order chi connectivity index (χ0) is 24.3. The van der Waals surface area contributed by atoms with Gasteiger partial charge in [0.05, 0.1) is 0 Å². The monoisotopic (exact) mass is 440 g/mol. The number of carbonyl (C=O) groups excluding carboxylic acids is 1. The molecule has 1 aliphatic heterocycles. The van der Waals surface area contributed by atoms with E-state index in [1.165, 1.54) is 5.70 Å². The highest BCUT2D eigenvalue weighted by Crippen LogP contribution is 2.26. The van der Waals surface area contributed by atoms with Crippen LogP contribution in [0.1, 0.15) is 75.2 Å². The fraction of sp³-hybridized carbons (Fsp3) is 0.593. The molecule has 5 nitrogen and oxygen atoms in total. The second kappa shape index (κ2) is 13.9. The molecule has 0 aromatic carbocycles. The molecule has 1 unspecified atom stereocenters. The van der Waals surface area contributed by atoms with E-state index < -0.39 is 0 Å². The summed E-state index contributed by atoms with van der Waals surface area (Å²) in [7, 11) is 0. The standard InChI is InChI=1S/C27H44N4O/c1-10-14-16-28-22(8)26(24(12-3)25(13-4)29-15-11-2)23(9)30-17-18-31(21(7)19-30)27(32)20(5)6/h11-12,14-16,20-21H,10,13,17-19H2,1-9H3/b15-11-,16-14+,24-12-,26-23-,28-22+,29-25+. The molecule has 0 radical (unpaired) electrons. The first-order chi connectivity index (χ1) is 15.2. The number of piperazine rings is 1. The van der Waals surface area contributed by atoms with E-state index in [9.17, 15) is 4.79 Å². The maximum Gasteiger partial charge on any atom is 0.225 e. The average molecular weight is 441 g/mol. The van der Waals surface area contributed by atoms with Gasteiger partial charge in [-0.15, -0.1) is 0 Å². The largest absolute Gasteiger partial charge is 0.371 e. The van der Waals surface area contributed by atoms with Gasteiger partial charge in [-0.3, -0.25) is 14.8 Å². The number of rotatable bonds is 9. The molecule has 1 atom stereocenters. The second-order valence-corrected chi connectivity index (χ2v) is 8.56. The summed E-state index contributed by atoms with van der Waals surface area (Å²) in [4.78, 5) is 26.5. The van der Waals surface area contributed by atoms with Gasteiger partial charge < -0.3 is 9.80 Å². The summed E-state index contributed by atoms with van der Waals surface area (Å²) < 4.78 is 0. The van der Waals surface area contributed by atoms with Crippen LogP contribution in [-0.4, -0.2) is 52.8 Å². The Morgan fingerprint density at radius 3 is 2.28 bits per heavy atom. The number of nitrogens with zero attached hydrogens (tertiary/aromatic N) is 4. The minimum absolute atomic E-state index is 0.0282. The van der Waals surface area contributed by atoms with Gasteiger partial charge in [-0.1, -0.05) is 45.9 Å². The molecular weight excluding hydrogens is 396 g/mol. The molecule has 0 N–H and O–H groups in total. The highest BCUT2D eigenvalue weighted by atomic mass is 16.2. The van der Waals surface area contributed by atoms with Gasteiger partial charge in [0, 0.05) is 72.3 Å². The number of hydrogen-bond acceptors (Lipinski definition) is 4. The van der Waals surface area contributed by atoms with E-state index in [1.54, 1.807) is 0 Å². The van der Waals surface area contributed by atoms with Crippen LogP contribution in [0.5, 0.6) is 0 Å². The summed E-state index contributed by atoms with van der Waals surface area (Å²) >= 11 is 0. The van der Waals surface area contributed by atoms with Gasteiger partial charge in [-0.25, -0.2) is 0 Å². The van der Waals surface area contributed by atoms with Crippen molar-refractivity contribution >= 4 is 17.3 Å². The first-order valence-electron chi connectivity index (χ1n) is 12.0. The Balaban J connectivity index is 3.47. The fourth-order valence-electron chi connectivity index (χ4n) is 4.04. The lowest BCUT2D eigenvalue weighted by Crippen LogP contribution is -2.54. The number of allylic oxidation sites excluding steroid dienone is 6. The summed E-state index contributed by atoms with van der Waals surface area (Å²) in [5.74, 6) is 0.267. The molecular formula is C27H44N4O. The zero-order valence-corrected chi connectivity index (χ0v) is 21.8. The molecule has 1 aliphatic rings. The van der Waals surface area contributed by atoms with Crippen LogP contribution < -0.4 is 0 Å². The van der Waals surface area contributed by atoms with Crippen molar-refractivity contribution in [1.29, 1.82) is 0 Å². The van der Waals surface area contributed by atoms with Crippen LogP contribution in [0, 0.1) is 5.92 Å². The van der Waals surface area contributed by atoms with E-state index in [2.05, 4.69) is 58.6 Å². The summed E-state index contributed by atoms with van der Waals surface area (Å²) in [5, 5.41) is 0. The Morgan fingerprint density at radius 2 is 1.78 bits per heavy atom. The molecule has 178 valence electrons. The molecule has 0 aliphatic carbocycles. The highest BCUT2D eigenvalue weighted by Gasteiger charge is 2.30. The van der Waals surface area contributed by atoms with E-state index in [1.807, 2.05) is 44.1 Å². The molecule has 1 heterocycles. The number of amides is 1. The van der Waals surface area contributed by atoms with Crippen molar-refractivity contribution in [3.8, 4) is 0 Å². The molecule has 1 saturated heterocycles. The van der Waals surface area contributed by atoms with Gasteiger partial charge >= 0.3 is 0 Å². The van der Waals surface area contributed by atoms with E-state index in [-0.39, 0.29) is 17.9 Å². The third-order valence-electron chi connectivity index (χ3n) is 5.79. The second-order valence-electron chi connectivity index (χ2n) is 8.56. The van der Waals surface area contributed by atoms with Crippen LogP contribution in [0.3, 0.4) is 0 Å². The van der Waals surface area contributed by atoms with Gasteiger partial charge in [-0.05, 0) is 47.5 Å². The molecule has 0 saturated carbocycles. The molecule has 0 bridgehead atoms. The SMILES string of the molecule is C\C=C/N=C(CC)/C(=C/C)C(/C(C)=N/C=C/CC)=C(/C)N1CCN(C(=O)C(C)C)C(C)C1. The predicted molar refractivity (Wildman–Crippen MR) is 139 cm³/mol. The van der Waals surface area contributed by atoms with Crippen molar-refractivity contribution in [2.75, 3.05) is 19.6 Å². The minimum atomic E-state index is 0.0282. The molecule has 32 heavy (non-hydrogen) atoms. The van der Waals surface area contributed by atoms with E-state index in [4.69, 9.17) is 9.98 Å². The molecule has 5 heteroatoms. The van der Waals surface area contributed by atoms with Crippen LogP contribution in [0.2, 0.25) is 0 Å². The maximum absolute atomic E-state index is 12.6. The predicted octanol–water partition coefficient (Wildman–Crippen LogP) is 6.16. The molecule has 1 rings (SSSR count). The third kappa shape index (κ3) is 7.32. The van der Waals surface area contributed by atoms with Gasteiger partial charge in [-0.2, -0.15) is 0 Å². The normalized spacial score (nSPS) is 20.1. The Hall–Kier alpha value is -2.43. The fourth-order valence-corrected chi connectivity index (χ4v) is 4.04. The average Bonchev–Trinajstić information content (AvgIpc) is 2.77. The summed E-state index contributed by atoms with van der Waals surface area (Å²) in [6.07, 6.45) is 11.7. The van der Waals surface area contributed by atoms with Gasteiger partial charge in [0.25, 0.3) is 0 Å². The first kappa shape index (κ1) is 27.6. The zero-order valence-electron chi connectivity index (χ0n) is 21.8. The molecule has 0 spiro atoms. The Kier molecular flexibility index (Phi) is 12.0. The smallest absolute Gasteiger partial charge is 0.225 e. The van der Waals surface area contributed by atoms with Crippen molar-refractivity contribution in [3.63, 3.8) is 0 Å². The minimum Gasteiger partial charge on any atom is -0.371 e. The maximum atomic E-state index is 12.6. The number of hydrogen-bond donors (Lipinski definition) is 0. The van der Waals surface area contributed by atoms with E-state index >= 15 is 0 Å². The number of aliphatic imine (C=N–C) groups is 2.